The molecule has 0 bridgehead atoms. The highest BCUT2D eigenvalue weighted by molar-refractivity contribution is 5.63. The fourth-order valence-corrected chi connectivity index (χ4v) is 3.07. The largest absolute Gasteiger partial charge is 0.356 e. The highest BCUT2D eigenvalue weighted by Crippen LogP contribution is 2.21. The second kappa shape index (κ2) is 9.75. The zero-order chi connectivity index (χ0) is 20.6. The van der Waals surface area contributed by atoms with Crippen molar-refractivity contribution in [1.29, 1.82) is 0 Å². The molecule has 146 valence electrons. The third-order valence-corrected chi connectivity index (χ3v) is 5.18. The maximum atomic E-state index is 3.44. The van der Waals surface area contributed by atoms with E-state index < -0.39 is 0 Å². The molecule has 4 aromatic rings. The van der Waals surface area contributed by atoms with Crippen molar-refractivity contribution in [3.63, 3.8) is 0 Å². The molecule has 29 heavy (non-hydrogen) atoms. The van der Waals surface area contributed by atoms with Gasteiger partial charge in [0.15, 0.2) is 0 Å². The van der Waals surface area contributed by atoms with Crippen LogP contribution in [0.2, 0.25) is 0 Å². The first-order chi connectivity index (χ1) is 14.0. The normalized spacial score (nSPS) is 10.1. The molecular formula is C28H29N. The second-order valence-electron chi connectivity index (χ2n) is 7.46. The van der Waals surface area contributed by atoms with E-state index in [9.17, 15) is 0 Å². The van der Waals surface area contributed by atoms with Gasteiger partial charge in [0.1, 0.15) is 0 Å². The Bertz CT molecular complexity index is 963. The van der Waals surface area contributed by atoms with Crippen molar-refractivity contribution in [2.45, 2.75) is 27.7 Å². The molecular weight excluding hydrogens is 350 g/mol. The topological polar surface area (TPSA) is 12.0 Å². The van der Waals surface area contributed by atoms with Crippen LogP contribution in [0, 0.1) is 27.7 Å². The highest BCUT2D eigenvalue weighted by atomic mass is 14.9. The smallest absolute Gasteiger partial charge is 0.0387 e. The van der Waals surface area contributed by atoms with Crippen molar-refractivity contribution in [3.8, 4) is 11.1 Å². The molecule has 0 aliphatic heterocycles. The van der Waals surface area contributed by atoms with Crippen LogP contribution in [0.25, 0.3) is 11.1 Å². The van der Waals surface area contributed by atoms with Gasteiger partial charge in [-0.05, 0) is 85.3 Å². The van der Waals surface area contributed by atoms with E-state index in [1.807, 2.05) is 12.1 Å². The van der Waals surface area contributed by atoms with E-state index in [0.717, 1.165) is 11.4 Å². The molecule has 0 amide bonds. The van der Waals surface area contributed by atoms with E-state index in [-0.39, 0.29) is 0 Å². The van der Waals surface area contributed by atoms with Crippen molar-refractivity contribution >= 4 is 11.4 Å². The first kappa shape index (κ1) is 20.4. The summed E-state index contributed by atoms with van der Waals surface area (Å²) in [4.78, 5) is 0. The molecule has 0 saturated heterocycles. The SMILES string of the molecule is Cc1ccc(Nc2ccc(C)c(C)c2)cc1C.c1ccc(-c2ccccc2)cc1. The lowest BCUT2D eigenvalue weighted by Gasteiger charge is -2.10. The average molecular weight is 380 g/mol. The predicted octanol–water partition coefficient (Wildman–Crippen LogP) is 8.02. The van der Waals surface area contributed by atoms with Gasteiger partial charge in [0.2, 0.25) is 0 Å². The number of aryl methyl sites for hydroxylation is 4. The van der Waals surface area contributed by atoms with Gasteiger partial charge in [-0.25, -0.2) is 0 Å². The zero-order valence-corrected chi connectivity index (χ0v) is 17.7. The van der Waals surface area contributed by atoms with Crippen LogP contribution in [-0.4, -0.2) is 0 Å². The highest BCUT2D eigenvalue weighted by Gasteiger charge is 1.99. The molecule has 0 aliphatic rings. The summed E-state index contributed by atoms with van der Waals surface area (Å²) < 4.78 is 0. The Balaban J connectivity index is 0.000000176. The van der Waals surface area contributed by atoms with Gasteiger partial charge in [-0.15, -0.1) is 0 Å². The third kappa shape index (κ3) is 5.83. The molecule has 1 nitrogen and oxygen atoms in total. The molecule has 0 fully saturated rings. The van der Waals surface area contributed by atoms with Gasteiger partial charge in [0.25, 0.3) is 0 Å². The van der Waals surface area contributed by atoms with E-state index in [1.165, 1.54) is 33.4 Å². The van der Waals surface area contributed by atoms with Crippen molar-refractivity contribution < 1.29 is 0 Å². The number of anilines is 2. The molecule has 0 saturated carbocycles. The summed E-state index contributed by atoms with van der Waals surface area (Å²) in [6.07, 6.45) is 0. The second-order valence-corrected chi connectivity index (χ2v) is 7.46. The minimum Gasteiger partial charge on any atom is -0.356 e. The standard InChI is InChI=1S/C16H19N.C12H10/c1-11-5-7-15(9-13(11)3)17-16-8-6-12(2)14(4)10-16;1-3-7-11(8-4-1)12-9-5-2-6-10-12/h5-10,17H,1-4H3;1-10H. The predicted molar refractivity (Wildman–Crippen MR) is 127 cm³/mol. The molecule has 0 heterocycles. The molecule has 0 atom stereocenters. The number of hydrogen-bond donors (Lipinski definition) is 1. The Morgan fingerprint density at radius 1 is 0.414 bits per heavy atom. The monoisotopic (exact) mass is 379 g/mol. The van der Waals surface area contributed by atoms with Crippen LogP contribution in [0.5, 0.6) is 0 Å². The Hall–Kier alpha value is -3.32. The van der Waals surface area contributed by atoms with Crippen molar-refractivity contribution in [2.75, 3.05) is 5.32 Å². The van der Waals surface area contributed by atoms with Crippen LogP contribution in [0.15, 0.2) is 97.1 Å². The zero-order valence-electron chi connectivity index (χ0n) is 17.7. The van der Waals surface area contributed by atoms with Crippen LogP contribution in [0.3, 0.4) is 0 Å². The Labute approximate surface area is 175 Å². The van der Waals surface area contributed by atoms with E-state index in [2.05, 4.69) is 118 Å². The maximum absolute atomic E-state index is 3.44. The molecule has 0 unspecified atom stereocenters. The van der Waals surface area contributed by atoms with Gasteiger partial charge < -0.3 is 5.32 Å². The maximum Gasteiger partial charge on any atom is 0.0387 e. The molecule has 4 rings (SSSR count). The Kier molecular flexibility index (Phi) is 6.86. The van der Waals surface area contributed by atoms with E-state index in [4.69, 9.17) is 0 Å². The van der Waals surface area contributed by atoms with Crippen molar-refractivity contribution in [1.82, 2.24) is 0 Å². The molecule has 1 N–H and O–H groups in total. The molecule has 0 spiro atoms. The molecule has 0 radical (unpaired) electrons. The number of benzene rings is 4. The number of nitrogens with one attached hydrogen (secondary N) is 1. The van der Waals surface area contributed by atoms with E-state index in [0.29, 0.717) is 0 Å². The van der Waals surface area contributed by atoms with Gasteiger partial charge >= 0.3 is 0 Å². The van der Waals surface area contributed by atoms with Gasteiger partial charge in [0.05, 0.1) is 0 Å². The summed E-state index contributed by atoms with van der Waals surface area (Å²) in [6, 6.07) is 33.7. The Morgan fingerprint density at radius 3 is 1.14 bits per heavy atom. The summed E-state index contributed by atoms with van der Waals surface area (Å²) in [5, 5.41) is 3.44. The molecule has 4 aromatic carbocycles. The lowest BCUT2D eigenvalue weighted by Crippen LogP contribution is -1.93. The quantitative estimate of drug-likeness (QED) is 0.380. The Morgan fingerprint density at radius 2 is 0.793 bits per heavy atom. The van der Waals surface area contributed by atoms with E-state index in [1.54, 1.807) is 0 Å². The first-order valence-corrected chi connectivity index (χ1v) is 10.0. The van der Waals surface area contributed by atoms with Gasteiger partial charge in [-0.2, -0.15) is 0 Å². The summed E-state index contributed by atoms with van der Waals surface area (Å²) in [5.74, 6) is 0. The van der Waals surface area contributed by atoms with Crippen LogP contribution >= 0.6 is 0 Å². The van der Waals surface area contributed by atoms with Crippen LogP contribution < -0.4 is 5.32 Å². The minimum atomic E-state index is 1.15. The summed E-state index contributed by atoms with van der Waals surface area (Å²) in [6.45, 7) is 8.55. The van der Waals surface area contributed by atoms with Gasteiger partial charge in [0, 0.05) is 11.4 Å². The average Bonchev–Trinajstić information content (AvgIpc) is 2.75. The minimum absolute atomic E-state index is 1.15. The number of hydrogen-bond acceptors (Lipinski definition) is 1. The lowest BCUT2D eigenvalue weighted by molar-refractivity contribution is 1.32. The summed E-state index contributed by atoms with van der Waals surface area (Å²) in [5.41, 5.74) is 10.1. The van der Waals surface area contributed by atoms with Crippen molar-refractivity contribution in [2.24, 2.45) is 0 Å². The fraction of sp³-hybridized carbons (Fsp3) is 0.143. The lowest BCUT2D eigenvalue weighted by atomic mass is 10.1. The van der Waals surface area contributed by atoms with E-state index >= 15 is 0 Å². The van der Waals surface area contributed by atoms with Crippen LogP contribution in [0.4, 0.5) is 11.4 Å². The fourth-order valence-electron chi connectivity index (χ4n) is 3.07. The molecule has 0 aromatic heterocycles. The van der Waals surface area contributed by atoms with Gasteiger partial charge in [-0.1, -0.05) is 72.8 Å². The third-order valence-electron chi connectivity index (χ3n) is 5.18. The molecule has 0 aliphatic carbocycles. The molecule has 1 heteroatoms. The summed E-state index contributed by atoms with van der Waals surface area (Å²) >= 11 is 0. The number of rotatable bonds is 3. The van der Waals surface area contributed by atoms with Crippen LogP contribution in [-0.2, 0) is 0 Å². The summed E-state index contributed by atoms with van der Waals surface area (Å²) in [7, 11) is 0. The van der Waals surface area contributed by atoms with Crippen molar-refractivity contribution in [3.05, 3.63) is 119 Å². The van der Waals surface area contributed by atoms with Gasteiger partial charge in [-0.3, -0.25) is 0 Å². The van der Waals surface area contributed by atoms with Crippen LogP contribution in [0.1, 0.15) is 22.3 Å². The first-order valence-electron chi connectivity index (χ1n) is 10.0.